The van der Waals surface area contributed by atoms with Crippen LogP contribution in [-0.4, -0.2) is 0 Å². The van der Waals surface area contributed by atoms with E-state index in [1.54, 1.807) is 0 Å². The van der Waals surface area contributed by atoms with E-state index >= 15 is 0 Å². The maximum absolute atomic E-state index is 5.86. The second-order valence-corrected chi connectivity index (χ2v) is 4.01. The molecular weight excluding hydrogens is 196 g/mol. The Kier molecular flexibility index (Phi) is 2.82. The Hall–Kier alpha value is -1.96. The number of hydrogen-bond acceptors (Lipinski definition) is 2. The van der Waals surface area contributed by atoms with Gasteiger partial charge in [-0.25, -0.2) is 0 Å². The van der Waals surface area contributed by atoms with Gasteiger partial charge in [-0.05, 0) is 43.7 Å². The van der Waals surface area contributed by atoms with Crippen LogP contribution in [0.2, 0.25) is 0 Å². The predicted octanol–water partition coefficient (Wildman–Crippen LogP) is 3.63. The lowest BCUT2D eigenvalue weighted by atomic mass is 10.1. The molecule has 0 unspecified atom stereocenters. The van der Waals surface area contributed by atoms with E-state index < -0.39 is 0 Å². The number of nitrogen functional groups attached to an aromatic ring is 1. The number of nitrogens with one attached hydrogen (secondary N) is 1. The Morgan fingerprint density at radius 3 is 2.31 bits per heavy atom. The van der Waals surface area contributed by atoms with Crippen LogP contribution in [0, 0.1) is 13.8 Å². The molecule has 0 spiro atoms. The highest BCUT2D eigenvalue weighted by Crippen LogP contribution is 2.24. The van der Waals surface area contributed by atoms with Crippen LogP contribution >= 0.6 is 0 Å². The number of rotatable bonds is 2. The van der Waals surface area contributed by atoms with E-state index in [0.29, 0.717) is 0 Å². The first-order chi connectivity index (χ1) is 7.66. The number of hydrogen-bond donors (Lipinski definition) is 2. The molecule has 0 aliphatic rings. The summed E-state index contributed by atoms with van der Waals surface area (Å²) in [6.07, 6.45) is 0. The van der Waals surface area contributed by atoms with Crippen LogP contribution in [0.1, 0.15) is 11.1 Å². The summed E-state index contributed by atoms with van der Waals surface area (Å²) in [5.74, 6) is 0. The second-order valence-electron chi connectivity index (χ2n) is 4.01. The second kappa shape index (κ2) is 4.27. The fraction of sp³-hybridized carbons (Fsp3) is 0.143. The van der Waals surface area contributed by atoms with E-state index in [2.05, 4.69) is 36.5 Å². The molecule has 2 aromatic carbocycles. The van der Waals surface area contributed by atoms with Crippen LogP contribution in [0.5, 0.6) is 0 Å². The lowest BCUT2D eigenvalue weighted by Gasteiger charge is -2.11. The smallest absolute Gasteiger partial charge is 0.0434 e. The Balaban J connectivity index is 2.27. The molecule has 2 nitrogen and oxygen atoms in total. The Labute approximate surface area is 96.1 Å². The standard InChI is InChI=1S/C14H16N2/c1-10-6-8-12(9-7-10)16-14-5-3-4-13(15)11(14)2/h3-9,16H,15H2,1-2H3. The summed E-state index contributed by atoms with van der Waals surface area (Å²) in [6.45, 7) is 4.10. The van der Waals surface area contributed by atoms with Crippen molar-refractivity contribution in [3.63, 3.8) is 0 Å². The predicted molar refractivity (Wildman–Crippen MR) is 70.1 cm³/mol. The van der Waals surface area contributed by atoms with Crippen LogP contribution in [0.15, 0.2) is 42.5 Å². The summed E-state index contributed by atoms with van der Waals surface area (Å²) in [5, 5.41) is 3.36. The zero-order valence-electron chi connectivity index (χ0n) is 9.62. The molecule has 0 atom stereocenters. The van der Waals surface area contributed by atoms with Crippen molar-refractivity contribution in [1.29, 1.82) is 0 Å². The van der Waals surface area contributed by atoms with Gasteiger partial charge in [-0.15, -0.1) is 0 Å². The average molecular weight is 212 g/mol. The zero-order valence-corrected chi connectivity index (χ0v) is 9.62. The zero-order chi connectivity index (χ0) is 11.5. The summed E-state index contributed by atoms with van der Waals surface area (Å²) < 4.78 is 0. The molecule has 0 bridgehead atoms. The molecule has 2 aromatic rings. The van der Waals surface area contributed by atoms with Gasteiger partial charge in [0.1, 0.15) is 0 Å². The van der Waals surface area contributed by atoms with Crippen molar-refractivity contribution < 1.29 is 0 Å². The minimum Gasteiger partial charge on any atom is -0.398 e. The van der Waals surface area contributed by atoms with Gasteiger partial charge in [0.15, 0.2) is 0 Å². The van der Waals surface area contributed by atoms with Crippen molar-refractivity contribution in [2.45, 2.75) is 13.8 Å². The third-order valence-electron chi connectivity index (χ3n) is 2.71. The topological polar surface area (TPSA) is 38.0 Å². The number of nitrogens with two attached hydrogens (primary N) is 1. The maximum Gasteiger partial charge on any atom is 0.0434 e. The van der Waals surface area contributed by atoms with E-state index in [0.717, 1.165) is 22.6 Å². The molecule has 2 heteroatoms. The summed E-state index contributed by atoms with van der Waals surface area (Å²) in [6, 6.07) is 14.2. The Morgan fingerprint density at radius 1 is 0.938 bits per heavy atom. The molecule has 3 N–H and O–H groups in total. The monoisotopic (exact) mass is 212 g/mol. The number of anilines is 3. The molecule has 0 radical (unpaired) electrons. The molecule has 0 heterocycles. The summed E-state index contributed by atoms with van der Waals surface area (Å²) in [5.41, 5.74) is 11.2. The molecule has 0 amide bonds. The van der Waals surface area contributed by atoms with E-state index in [4.69, 9.17) is 5.73 Å². The molecule has 0 aromatic heterocycles. The maximum atomic E-state index is 5.86. The van der Waals surface area contributed by atoms with Gasteiger partial charge in [0, 0.05) is 17.1 Å². The van der Waals surface area contributed by atoms with Crippen LogP contribution in [0.25, 0.3) is 0 Å². The normalized spacial score (nSPS) is 10.1. The first-order valence-corrected chi connectivity index (χ1v) is 5.35. The summed E-state index contributed by atoms with van der Waals surface area (Å²) in [7, 11) is 0. The van der Waals surface area contributed by atoms with Crippen molar-refractivity contribution >= 4 is 17.1 Å². The van der Waals surface area contributed by atoms with E-state index in [1.165, 1.54) is 5.56 Å². The molecule has 0 aliphatic heterocycles. The quantitative estimate of drug-likeness (QED) is 0.746. The van der Waals surface area contributed by atoms with Crippen LogP contribution in [0.4, 0.5) is 17.1 Å². The van der Waals surface area contributed by atoms with Gasteiger partial charge >= 0.3 is 0 Å². The largest absolute Gasteiger partial charge is 0.398 e. The highest BCUT2D eigenvalue weighted by Gasteiger charge is 2.00. The van der Waals surface area contributed by atoms with Crippen molar-refractivity contribution in [3.05, 3.63) is 53.6 Å². The van der Waals surface area contributed by atoms with E-state index in [9.17, 15) is 0 Å². The molecule has 0 fully saturated rings. The number of aryl methyl sites for hydroxylation is 1. The molecule has 0 saturated carbocycles. The first kappa shape index (κ1) is 10.6. The van der Waals surface area contributed by atoms with Gasteiger partial charge < -0.3 is 11.1 Å². The lowest BCUT2D eigenvalue weighted by Crippen LogP contribution is -1.96. The SMILES string of the molecule is Cc1ccc(Nc2cccc(N)c2C)cc1. The average Bonchev–Trinajstić information content (AvgIpc) is 2.28. The third kappa shape index (κ3) is 2.16. The molecule has 0 saturated heterocycles. The van der Waals surface area contributed by atoms with Gasteiger partial charge in [-0.2, -0.15) is 0 Å². The van der Waals surface area contributed by atoms with Gasteiger partial charge in [0.25, 0.3) is 0 Å². The Bertz CT molecular complexity index is 487. The minimum absolute atomic E-state index is 0.817. The molecule has 82 valence electrons. The fourth-order valence-corrected chi connectivity index (χ4v) is 1.58. The van der Waals surface area contributed by atoms with Gasteiger partial charge in [0.05, 0.1) is 0 Å². The highest BCUT2D eigenvalue weighted by atomic mass is 14.9. The third-order valence-corrected chi connectivity index (χ3v) is 2.71. The van der Waals surface area contributed by atoms with Gasteiger partial charge in [-0.3, -0.25) is 0 Å². The van der Waals surface area contributed by atoms with Crippen molar-refractivity contribution in [2.24, 2.45) is 0 Å². The van der Waals surface area contributed by atoms with Crippen molar-refractivity contribution in [2.75, 3.05) is 11.1 Å². The highest BCUT2D eigenvalue weighted by molar-refractivity contribution is 5.69. The minimum atomic E-state index is 0.817. The van der Waals surface area contributed by atoms with Crippen molar-refractivity contribution in [1.82, 2.24) is 0 Å². The molecule has 0 aliphatic carbocycles. The van der Waals surface area contributed by atoms with Gasteiger partial charge in [0.2, 0.25) is 0 Å². The summed E-state index contributed by atoms with van der Waals surface area (Å²) in [4.78, 5) is 0. The lowest BCUT2D eigenvalue weighted by molar-refractivity contribution is 1.41. The van der Waals surface area contributed by atoms with Crippen LogP contribution < -0.4 is 11.1 Å². The molecule has 16 heavy (non-hydrogen) atoms. The number of benzene rings is 2. The van der Waals surface area contributed by atoms with Crippen LogP contribution in [0.3, 0.4) is 0 Å². The molecular formula is C14H16N2. The van der Waals surface area contributed by atoms with Gasteiger partial charge in [-0.1, -0.05) is 23.8 Å². The van der Waals surface area contributed by atoms with Crippen molar-refractivity contribution in [3.8, 4) is 0 Å². The first-order valence-electron chi connectivity index (χ1n) is 5.35. The summed E-state index contributed by atoms with van der Waals surface area (Å²) >= 11 is 0. The fourth-order valence-electron chi connectivity index (χ4n) is 1.58. The van der Waals surface area contributed by atoms with Crippen LogP contribution in [-0.2, 0) is 0 Å². The van der Waals surface area contributed by atoms with E-state index in [1.807, 2.05) is 25.1 Å². The molecule has 2 rings (SSSR count). The Morgan fingerprint density at radius 2 is 1.62 bits per heavy atom. The van der Waals surface area contributed by atoms with E-state index in [-0.39, 0.29) is 0 Å².